The van der Waals surface area contributed by atoms with E-state index in [1.165, 1.54) is 6.92 Å². The molecule has 0 aliphatic carbocycles. The van der Waals surface area contributed by atoms with Crippen molar-refractivity contribution in [2.75, 3.05) is 23.8 Å². The summed E-state index contributed by atoms with van der Waals surface area (Å²) in [6.45, 7) is 4.03. The molecule has 0 saturated carbocycles. The Labute approximate surface area is 135 Å². The van der Waals surface area contributed by atoms with Gasteiger partial charge in [0.25, 0.3) is 0 Å². The third-order valence-electron chi connectivity index (χ3n) is 3.18. The number of carbonyl (C=O) groups is 2. The third kappa shape index (κ3) is 4.85. The van der Waals surface area contributed by atoms with Crippen LogP contribution >= 0.6 is 0 Å². The molecule has 0 unspecified atom stereocenters. The number of anilines is 2. The van der Waals surface area contributed by atoms with Crippen molar-refractivity contribution >= 4 is 23.1 Å². The molecule has 0 atom stereocenters. The van der Waals surface area contributed by atoms with Crippen molar-refractivity contribution in [1.82, 2.24) is 0 Å². The van der Waals surface area contributed by atoms with Gasteiger partial charge in [0.1, 0.15) is 5.75 Å². The molecule has 2 rings (SSSR count). The van der Waals surface area contributed by atoms with E-state index in [2.05, 4.69) is 10.6 Å². The number of benzene rings is 2. The molecule has 0 saturated heterocycles. The van der Waals surface area contributed by atoms with Crippen LogP contribution in [0.15, 0.2) is 48.5 Å². The van der Waals surface area contributed by atoms with E-state index in [4.69, 9.17) is 4.74 Å². The van der Waals surface area contributed by atoms with Crippen LogP contribution < -0.4 is 15.4 Å². The molecule has 5 nitrogen and oxygen atoms in total. The van der Waals surface area contributed by atoms with Crippen LogP contribution in [-0.2, 0) is 4.79 Å². The summed E-state index contributed by atoms with van der Waals surface area (Å²) in [7, 11) is 0. The Hall–Kier alpha value is -2.82. The quantitative estimate of drug-likeness (QED) is 0.770. The van der Waals surface area contributed by atoms with Crippen LogP contribution in [0.3, 0.4) is 0 Å². The van der Waals surface area contributed by atoms with Crippen LogP contribution in [0.5, 0.6) is 5.75 Å². The van der Waals surface area contributed by atoms with E-state index < -0.39 is 0 Å². The van der Waals surface area contributed by atoms with Gasteiger partial charge in [0.15, 0.2) is 5.78 Å². The predicted octanol–water partition coefficient (Wildman–Crippen LogP) is 3.34. The Kier molecular flexibility index (Phi) is 5.74. The minimum Gasteiger partial charge on any atom is -0.492 e. The lowest BCUT2D eigenvalue weighted by molar-refractivity contribution is -0.114. The second-order valence-electron chi connectivity index (χ2n) is 4.97. The molecule has 0 aliphatic rings. The maximum absolute atomic E-state index is 12.1. The molecular formula is C18H20N2O3. The van der Waals surface area contributed by atoms with Gasteiger partial charge in [-0.1, -0.05) is 24.3 Å². The summed E-state index contributed by atoms with van der Waals surface area (Å²) in [4.78, 5) is 23.4. The maximum Gasteiger partial charge on any atom is 0.243 e. The van der Waals surface area contributed by atoms with E-state index in [9.17, 15) is 9.59 Å². The number of hydrogen-bond donors (Lipinski definition) is 2. The van der Waals surface area contributed by atoms with E-state index in [0.717, 1.165) is 5.69 Å². The predicted molar refractivity (Wildman–Crippen MR) is 91.2 cm³/mol. The smallest absolute Gasteiger partial charge is 0.243 e. The van der Waals surface area contributed by atoms with Gasteiger partial charge < -0.3 is 15.4 Å². The van der Waals surface area contributed by atoms with E-state index in [0.29, 0.717) is 23.6 Å². The summed E-state index contributed by atoms with van der Waals surface area (Å²) in [6, 6.07) is 14.3. The van der Waals surface area contributed by atoms with Crippen molar-refractivity contribution < 1.29 is 14.3 Å². The average molecular weight is 312 g/mol. The molecule has 0 aromatic heterocycles. The monoisotopic (exact) mass is 312 g/mol. The van der Waals surface area contributed by atoms with Crippen molar-refractivity contribution in [1.29, 1.82) is 0 Å². The maximum atomic E-state index is 12.1. The number of rotatable bonds is 7. The Morgan fingerprint density at radius 2 is 1.87 bits per heavy atom. The zero-order valence-electron chi connectivity index (χ0n) is 13.3. The van der Waals surface area contributed by atoms with Crippen LogP contribution in [0.4, 0.5) is 11.4 Å². The Morgan fingerprint density at radius 1 is 1.09 bits per heavy atom. The number of ether oxygens (including phenoxy) is 1. The highest BCUT2D eigenvalue weighted by Gasteiger charge is 2.07. The molecule has 2 aromatic carbocycles. The van der Waals surface area contributed by atoms with E-state index in [1.54, 1.807) is 24.3 Å². The molecular weight excluding hydrogens is 292 g/mol. The highest BCUT2D eigenvalue weighted by atomic mass is 16.5. The van der Waals surface area contributed by atoms with E-state index in [1.807, 2.05) is 31.2 Å². The van der Waals surface area contributed by atoms with Gasteiger partial charge in [0.05, 0.1) is 18.8 Å². The zero-order chi connectivity index (χ0) is 16.7. The number of nitrogens with one attached hydrogen (secondary N) is 2. The molecule has 1 amide bonds. The largest absolute Gasteiger partial charge is 0.492 e. The van der Waals surface area contributed by atoms with Crippen molar-refractivity contribution in [2.24, 2.45) is 0 Å². The van der Waals surface area contributed by atoms with Crippen LogP contribution in [-0.4, -0.2) is 24.8 Å². The summed E-state index contributed by atoms with van der Waals surface area (Å²) < 4.78 is 5.47. The zero-order valence-corrected chi connectivity index (χ0v) is 13.3. The van der Waals surface area contributed by atoms with E-state index in [-0.39, 0.29) is 18.2 Å². The molecule has 0 heterocycles. The van der Waals surface area contributed by atoms with Gasteiger partial charge in [0, 0.05) is 11.3 Å². The number of Topliss-reactive ketones (excluding diaryl/α,β-unsaturated/α-hetero) is 1. The number of para-hydroxylation sites is 2. The summed E-state index contributed by atoms with van der Waals surface area (Å²) in [5.74, 6) is 0.441. The van der Waals surface area contributed by atoms with Gasteiger partial charge in [-0.2, -0.15) is 0 Å². The van der Waals surface area contributed by atoms with Crippen molar-refractivity contribution in [2.45, 2.75) is 13.8 Å². The van der Waals surface area contributed by atoms with Crippen LogP contribution in [0.1, 0.15) is 24.2 Å². The Morgan fingerprint density at radius 3 is 2.61 bits per heavy atom. The Balaban J connectivity index is 1.95. The fraction of sp³-hybridized carbons (Fsp3) is 0.222. The molecule has 23 heavy (non-hydrogen) atoms. The molecule has 2 aromatic rings. The van der Waals surface area contributed by atoms with Gasteiger partial charge in [0.2, 0.25) is 5.91 Å². The summed E-state index contributed by atoms with van der Waals surface area (Å²) in [5.41, 5.74) is 1.97. The molecule has 0 radical (unpaired) electrons. The van der Waals surface area contributed by atoms with Crippen LogP contribution in [0.2, 0.25) is 0 Å². The van der Waals surface area contributed by atoms with Crippen molar-refractivity contribution in [3.63, 3.8) is 0 Å². The number of amides is 1. The van der Waals surface area contributed by atoms with E-state index >= 15 is 0 Å². The summed E-state index contributed by atoms with van der Waals surface area (Å²) in [5, 5.41) is 5.82. The van der Waals surface area contributed by atoms with Crippen LogP contribution in [0.25, 0.3) is 0 Å². The first-order chi connectivity index (χ1) is 11.1. The fourth-order valence-corrected chi connectivity index (χ4v) is 2.08. The highest BCUT2D eigenvalue weighted by molar-refractivity contribution is 5.96. The minimum absolute atomic E-state index is 0.0104. The molecule has 0 aliphatic heterocycles. The molecule has 0 bridgehead atoms. The van der Waals surface area contributed by atoms with Crippen LogP contribution in [0, 0.1) is 0 Å². The summed E-state index contributed by atoms with van der Waals surface area (Å²) >= 11 is 0. The first-order valence-corrected chi connectivity index (χ1v) is 7.46. The molecule has 0 fully saturated rings. The lowest BCUT2D eigenvalue weighted by Gasteiger charge is -2.12. The third-order valence-corrected chi connectivity index (χ3v) is 3.18. The first kappa shape index (κ1) is 16.5. The van der Waals surface area contributed by atoms with Gasteiger partial charge in [-0.3, -0.25) is 9.59 Å². The second kappa shape index (κ2) is 7.98. The van der Waals surface area contributed by atoms with Gasteiger partial charge in [-0.25, -0.2) is 0 Å². The minimum atomic E-state index is -0.189. The lowest BCUT2D eigenvalue weighted by atomic mass is 10.1. The van der Waals surface area contributed by atoms with Crippen molar-refractivity contribution in [3.05, 3.63) is 54.1 Å². The molecule has 2 N–H and O–H groups in total. The Bertz CT molecular complexity index is 698. The molecule has 120 valence electrons. The molecule has 0 spiro atoms. The van der Waals surface area contributed by atoms with Crippen molar-refractivity contribution in [3.8, 4) is 5.75 Å². The standard InChI is InChI=1S/C18H20N2O3/c1-3-23-17-10-5-4-9-16(17)20-18(22)12-19-15-8-6-7-14(11-15)13(2)21/h4-11,19H,3,12H2,1-2H3,(H,20,22). The van der Waals surface area contributed by atoms with Gasteiger partial charge >= 0.3 is 0 Å². The SMILES string of the molecule is CCOc1ccccc1NC(=O)CNc1cccc(C(C)=O)c1. The first-order valence-electron chi connectivity index (χ1n) is 7.46. The topological polar surface area (TPSA) is 67.4 Å². The molecule has 5 heteroatoms. The average Bonchev–Trinajstić information content (AvgIpc) is 2.55. The second-order valence-corrected chi connectivity index (χ2v) is 4.97. The fourth-order valence-electron chi connectivity index (χ4n) is 2.08. The summed E-state index contributed by atoms with van der Waals surface area (Å²) in [6.07, 6.45) is 0. The normalized spacial score (nSPS) is 10.0. The van der Waals surface area contributed by atoms with Gasteiger partial charge in [-0.05, 0) is 38.1 Å². The number of carbonyl (C=O) groups excluding carboxylic acids is 2. The number of ketones is 1. The lowest BCUT2D eigenvalue weighted by Crippen LogP contribution is -2.22. The van der Waals surface area contributed by atoms with Gasteiger partial charge in [-0.15, -0.1) is 0 Å². The highest BCUT2D eigenvalue weighted by Crippen LogP contribution is 2.23. The number of hydrogen-bond acceptors (Lipinski definition) is 4.